The third-order valence-corrected chi connectivity index (χ3v) is 6.25. The molecule has 1 aliphatic heterocycles. The second-order valence-electron chi connectivity index (χ2n) is 9.03. The summed E-state index contributed by atoms with van der Waals surface area (Å²) in [5.74, 6) is 2.06. The third-order valence-electron chi connectivity index (χ3n) is 6.25. The molecule has 1 aliphatic rings. The number of hydrogen-bond donors (Lipinski definition) is 0. The maximum Gasteiger partial charge on any atom is 0.261 e. The molecule has 0 radical (unpaired) electrons. The molecule has 1 fully saturated rings. The lowest BCUT2D eigenvalue weighted by Gasteiger charge is -2.35. The van der Waals surface area contributed by atoms with Crippen LogP contribution in [0.3, 0.4) is 0 Å². The molecule has 1 saturated heterocycles. The van der Waals surface area contributed by atoms with Gasteiger partial charge in [0.25, 0.3) is 5.56 Å². The van der Waals surface area contributed by atoms with Crippen molar-refractivity contribution < 1.29 is 9.13 Å². The third kappa shape index (κ3) is 5.01. The van der Waals surface area contributed by atoms with Gasteiger partial charge in [0, 0.05) is 25.6 Å². The Hall–Kier alpha value is -2.73. The smallest absolute Gasteiger partial charge is 0.261 e. The first-order valence-electron chi connectivity index (χ1n) is 11.7. The number of rotatable bonds is 7. The van der Waals surface area contributed by atoms with E-state index in [1.807, 2.05) is 10.6 Å². The monoisotopic (exact) mass is 437 g/mol. The van der Waals surface area contributed by atoms with Crippen LogP contribution in [-0.4, -0.2) is 33.6 Å². The number of hydrogen-bond acceptors (Lipinski definition) is 4. The molecule has 0 amide bonds. The van der Waals surface area contributed by atoms with Gasteiger partial charge in [-0.2, -0.15) is 0 Å². The Morgan fingerprint density at radius 1 is 1.16 bits per heavy atom. The van der Waals surface area contributed by atoms with Crippen LogP contribution in [0.25, 0.3) is 10.9 Å². The van der Waals surface area contributed by atoms with E-state index in [2.05, 4.69) is 25.7 Å². The highest BCUT2D eigenvalue weighted by molar-refractivity contribution is 5.79. The first kappa shape index (κ1) is 22.5. The van der Waals surface area contributed by atoms with Crippen molar-refractivity contribution in [2.75, 3.05) is 13.1 Å². The maximum absolute atomic E-state index is 13.6. The minimum absolute atomic E-state index is 0.00956. The van der Waals surface area contributed by atoms with Crippen LogP contribution in [0.4, 0.5) is 4.39 Å². The topological polar surface area (TPSA) is 47.4 Å². The normalized spacial score (nSPS) is 17.2. The Labute approximate surface area is 188 Å². The predicted molar refractivity (Wildman–Crippen MR) is 126 cm³/mol. The van der Waals surface area contributed by atoms with Crippen molar-refractivity contribution in [1.29, 1.82) is 0 Å². The zero-order valence-corrected chi connectivity index (χ0v) is 19.2. The number of halogens is 1. The van der Waals surface area contributed by atoms with E-state index in [4.69, 9.17) is 9.72 Å². The number of fused-ring (bicyclic) bond motifs is 1. The fourth-order valence-corrected chi connectivity index (χ4v) is 4.52. The van der Waals surface area contributed by atoms with Gasteiger partial charge in [-0.1, -0.05) is 6.92 Å². The fourth-order valence-electron chi connectivity index (χ4n) is 4.52. The first-order valence-corrected chi connectivity index (χ1v) is 11.7. The summed E-state index contributed by atoms with van der Waals surface area (Å²) in [5.41, 5.74) is 0.679. The van der Waals surface area contributed by atoms with Crippen LogP contribution in [0.1, 0.15) is 45.9 Å². The Bertz CT molecular complexity index is 1120. The van der Waals surface area contributed by atoms with E-state index in [9.17, 15) is 9.18 Å². The summed E-state index contributed by atoms with van der Waals surface area (Å²) in [4.78, 5) is 20.9. The van der Waals surface area contributed by atoms with Gasteiger partial charge in [-0.05, 0) is 88.0 Å². The summed E-state index contributed by atoms with van der Waals surface area (Å²) in [5, 5.41) is 0.556. The van der Waals surface area contributed by atoms with Gasteiger partial charge in [0.2, 0.25) is 0 Å². The predicted octanol–water partition coefficient (Wildman–Crippen LogP) is 5.40. The molecule has 2 heterocycles. The standard InChI is InChI=1S/C26H32FN3O2/c1-4-6-25-28-24-13-12-22(32-21-10-8-20(27)9-11-21)15-23(24)26(31)30(25)17-19-7-5-14-29(16-19)18(2)3/h8-13,15,18-19H,4-7,14,16-17H2,1-3H3/t19-/m0/s1. The summed E-state index contributed by atoms with van der Waals surface area (Å²) < 4.78 is 20.9. The SMILES string of the molecule is CCCc1nc2ccc(Oc3ccc(F)cc3)cc2c(=O)n1C[C@H]1CCCN(C(C)C)C1. The lowest BCUT2D eigenvalue weighted by molar-refractivity contribution is 0.129. The molecule has 2 aromatic carbocycles. The Kier molecular flexibility index (Phi) is 6.89. The van der Waals surface area contributed by atoms with Gasteiger partial charge in [-0.25, -0.2) is 9.37 Å². The molecule has 32 heavy (non-hydrogen) atoms. The minimum atomic E-state index is -0.315. The van der Waals surface area contributed by atoms with Gasteiger partial charge in [0.05, 0.1) is 10.9 Å². The van der Waals surface area contributed by atoms with E-state index in [1.54, 1.807) is 24.3 Å². The lowest BCUT2D eigenvalue weighted by atomic mass is 9.96. The molecule has 3 aromatic rings. The summed E-state index contributed by atoms with van der Waals surface area (Å²) in [6.45, 7) is 9.42. The number of aromatic nitrogens is 2. The van der Waals surface area contributed by atoms with Crippen molar-refractivity contribution in [1.82, 2.24) is 14.5 Å². The Balaban J connectivity index is 1.67. The molecule has 0 bridgehead atoms. The zero-order chi connectivity index (χ0) is 22.7. The second-order valence-corrected chi connectivity index (χ2v) is 9.03. The average molecular weight is 438 g/mol. The molecule has 1 atom stereocenters. The van der Waals surface area contributed by atoms with E-state index in [-0.39, 0.29) is 11.4 Å². The number of nitrogens with zero attached hydrogens (tertiary/aromatic N) is 3. The molecule has 0 unspecified atom stereocenters. The van der Waals surface area contributed by atoms with Crippen LogP contribution in [0.15, 0.2) is 47.3 Å². The van der Waals surface area contributed by atoms with Crippen molar-refractivity contribution in [3.05, 3.63) is 64.5 Å². The van der Waals surface area contributed by atoms with E-state index in [0.717, 1.165) is 44.6 Å². The van der Waals surface area contributed by atoms with Crippen molar-refractivity contribution in [2.24, 2.45) is 5.92 Å². The highest BCUT2D eigenvalue weighted by Gasteiger charge is 2.23. The fraction of sp³-hybridized carbons (Fsp3) is 0.462. The van der Waals surface area contributed by atoms with Gasteiger partial charge in [-0.3, -0.25) is 9.36 Å². The minimum Gasteiger partial charge on any atom is -0.457 e. The molecule has 0 aliphatic carbocycles. The van der Waals surface area contributed by atoms with Crippen molar-refractivity contribution >= 4 is 10.9 Å². The lowest BCUT2D eigenvalue weighted by Crippen LogP contribution is -2.42. The molecule has 0 spiro atoms. The first-order chi connectivity index (χ1) is 15.4. The molecule has 0 saturated carbocycles. The van der Waals surface area contributed by atoms with Crippen molar-refractivity contribution in [3.8, 4) is 11.5 Å². The van der Waals surface area contributed by atoms with Crippen molar-refractivity contribution in [2.45, 2.75) is 59.0 Å². The van der Waals surface area contributed by atoms with E-state index in [1.165, 1.54) is 12.1 Å². The van der Waals surface area contributed by atoms with Crippen LogP contribution in [-0.2, 0) is 13.0 Å². The number of ether oxygens (including phenoxy) is 1. The molecule has 4 rings (SSSR count). The molecule has 6 heteroatoms. The highest BCUT2D eigenvalue weighted by Crippen LogP contribution is 2.25. The Morgan fingerprint density at radius 2 is 1.91 bits per heavy atom. The van der Waals surface area contributed by atoms with Crippen LogP contribution < -0.4 is 10.3 Å². The van der Waals surface area contributed by atoms with Gasteiger partial charge < -0.3 is 9.64 Å². The van der Waals surface area contributed by atoms with E-state index in [0.29, 0.717) is 40.9 Å². The molecular weight excluding hydrogens is 405 g/mol. The molecule has 0 N–H and O–H groups in total. The molecular formula is C26H32FN3O2. The maximum atomic E-state index is 13.6. The quantitative estimate of drug-likeness (QED) is 0.496. The van der Waals surface area contributed by atoms with Gasteiger partial charge in [-0.15, -0.1) is 0 Å². The average Bonchev–Trinajstić information content (AvgIpc) is 2.79. The number of benzene rings is 2. The van der Waals surface area contributed by atoms with Gasteiger partial charge in [0.1, 0.15) is 23.1 Å². The Morgan fingerprint density at radius 3 is 2.62 bits per heavy atom. The van der Waals surface area contributed by atoms with Crippen LogP contribution in [0, 0.1) is 11.7 Å². The van der Waals surface area contributed by atoms with Crippen LogP contribution in [0.5, 0.6) is 11.5 Å². The highest BCUT2D eigenvalue weighted by atomic mass is 19.1. The van der Waals surface area contributed by atoms with Crippen LogP contribution in [0.2, 0.25) is 0 Å². The number of piperidine rings is 1. The van der Waals surface area contributed by atoms with E-state index >= 15 is 0 Å². The number of likely N-dealkylation sites (tertiary alicyclic amines) is 1. The summed E-state index contributed by atoms with van der Waals surface area (Å²) in [6.07, 6.45) is 4.01. The summed E-state index contributed by atoms with van der Waals surface area (Å²) >= 11 is 0. The molecule has 5 nitrogen and oxygen atoms in total. The molecule has 170 valence electrons. The molecule has 1 aromatic heterocycles. The largest absolute Gasteiger partial charge is 0.457 e. The van der Waals surface area contributed by atoms with E-state index < -0.39 is 0 Å². The summed E-state index contributed by atoms with van der Waals surface area (Å²) in [7, 11) is 0. The van der Waals surface area contributed by atoms with Gasteiger partial charge >= 0.3 is 0 Å². The second kappa shape index (κ2) is 9.82. The van der Waals surface area contributed by atoms with Gasteiger partial charge in [0.15, 0.2) is 0 Å². The number of aryl methyl sites for hydroxylation is 1. The summed E-state index contributed by atoms with van der Waals surface area (Å²) in [6, 6.07) is 11.8. The van der Waals surface area contributed by atoms with Crippen molar-refractivity contribution in [3.63, 3.8) is 0 Å². The zero-order valence-electron chi connectivity index (χ0n) is 19.2. The van der Waals surface area contributed by atoms with Crippen LogP contribution >= 0.6 is 0 Å².